The number of esters is 1. The van der Waals surface area contributed by atoms with Crippen LogP contribution in [0.3, 0.4) is 0 Å². The van der Waals surface area contributed by atoms with E-state index >= 15 is 0 Å². The Labute approximate surface area is 95.4 Å². The van der Waals surface area contributed by atoms with E-state index in [4.69, 9.17) is 4.74 Å². The summed E-state index contributed by atoms with van der Waals surface area (Å²) in [4.78, 5) is 11.2. The Hall–Kier alpha value is -0.530. The standard InChI is InChI=1S/C11H22O2.C2H6/c1-8(2)10(12)13-9(3)7-11(4,5)6;1-2/h8-9H,7H2,1-6H3;1-2H3/t9-;/m1./s1. The predicted octanol–water partition coefficient (Wildman–Crippen LogP) is 4.04. The molecule has 0 aliphatic heterocycles. The quantitative estimate of drug-likeness (QED) is 0.666. The lowest BCUT2D eigenvalue weighted by Gasteiger charge is -2.23. The van der Waals surface area contributed by atoms with Crippen LogP contribution in [0.2, 0.25) is 0 Å². The van der Waals surface area contributed by atoms with Gasteiger partial charge in [0, 0.05) is 0 Å². The van der Waals surface area contributed by atoms with E-state index in [0.717, 1.165) is 6.42 Å². The van der Waals surface area contributed by atoms with Gasteiger partial charge in [0.15, 0.2) is 0 Å². The molecular formula is C13H28O2. The third-order valence-electron chi connectivity index (χ3n) is 1.69. The summed E-state index contributed by atoms with van der Waals surface area (Å²) in [6.45, 7) is 16.1. The lowest BCUT2D eigenvalue weighted by Crippen LogP contribution is -2.23. The fourth-order valence-electron chi connectivity index (χ4n) is 1.24. The van der Waals surface area contributed by atoms with Crippen LogP contribution in [-0.4, -0.2) is 12.1 Å². The molecule has 0 heterocycles. The van der Waals surface area contributed by atoms with Crippen LogP contribution in [0.1, 0.15) is 61.8 Å². The molecule has 0 aromatic rings. The molecule has 0 amide bonds. The molecule has 0 radical (unpaired) electrons. The number of carbonyl (C=O) groups excluding carboxylic acids is 1. The predicted molar refractivity (Wildman–Crippen MR) is 65.8 cm³/mol. The van der Waals surface area contributed by atoms with Crippen LogP contribution in [0.25, 0.3) is 0 Å². The summed E-state index contributed by atoms with van der Waals surface area (Å²) in [5.41, 5.74) is 0.219. The van der Waals surface area contributed by atoms with Gasteiger partial charge < -0.3 is 4.74 Å². The van der Waals surface area contributed by atoms with E-state index in [1.54, 1.807) is 0 Å². The molecule has 0 fully saturated rings. The van der Waals surface area contributed by atoms with Crippen LogP contribution >= 0.6 is 0 Å². The van der Waals surface area contributed by atoms with Gasteiger partial charge in [-0.15, -0.1) is 0 Å². The highest BCUT2D eigenvalue weighted by Gasteiger charge is 2.19. The molecular weight excluding hydrogens is 188 g/mol. The summed E-state index contributed by atoms with van der Waals surface area (Å²) < 4.78 is 5.25. The molecule has 0 spiro atoms. The summed E-state index contributed by atoms with van der Waals surface area (Å²) in [6.07, 6.45) is 0.931. The van der Waals surface area contributed by atoms with E-state index < -0.39 is 0 Å². The minimum atomic E-state index is -0.100. The van der Waals surface area contributed by atoms with E-state index in [0.29, 0.717) is 0 Å². The molecule has 0 rings (SSSR count). The van der Waals surface area contributed by atoms with Crippen molar-refractivity contribution < 1.29 is 9.53 Å². The Bertz CT molecular complexity index is 166. The van der Waals surface area contributed by atoms with Gasteiger partial charge in [-0.25, -0.2) is 0 Å². The average molecular weight is 216 g/mol. The second-order valence-electron chi connectivity index (χ2n) is 5.17. The van der Waals surface area contributed by atoms with Crippen LogP contribution in [0, 0.1) is 11.3 Å². The van der Waals surface area contributed by atoms with Gasteiger partial charge in [-0.3, -0.25) is 4.79 Å². The Balaban J connectivity index is 0. The SMILES string of the molecule is CC.CC(C)C(=O)O[C@H](C)CC(C)(C)C. The van der Waals surface area contributed by atoms with Crippen LogP contribution in [-0.2, 0) is 9.53 Å². The fraction of sp³-hybridized carbons (Fsp3) is 0.923. The van der Waals surface area contributed by atoms with Gasteiger partial charge in [0.05, 0.1) is 12.0 Å². The van der Waals surface area contributed by atoms with E-state index in [-0.39, 0.29) is 23.4 Å². The Kier molecular flexibility index (Phi) is 8.69. The topological polar surface area (TPSA) is 26.3 Å². The van der Waals surface area contributed by atoms with E-state index in [2.05, 4.69) is 20.8 Å². The van der Waals surface area contributed by atoms with Gasteiger partial charge in [0.1, 0.15) is 0 Å². The lowest BCUT2D eigenvalue weighted by atomic mass is 9.90. The number of carbonyl (C=O) groups is 1. The van der Waals surface area contributed by atoms with E-state index in [1.807, 2.05) is 34.6 Å². The molecule has 0 aromatic heterocycles. The monoisotopic (exact) mass is 216 g/mol. The van der Waals surface area contributed by atoms with E-state index in [1.165, 1.54) is 0 Å². The highest BCUT2D eigenvalue weighted by molar-refractivity contribution is 5.71. The number of hydrogen-bond acceptors (Lipinski definition) is 2. The van der Waals surface area contributed by atoms with Crippen molar-refractivity contribution in [2.24, 2.45) is 11.3 Å². The second-order valence-corrected chi connectivity index (χ2v) is 5.17. The highest BCUT2D eigenvalue weighted by atomic mass is 16.5. The van der Waals surface area contributed by atoms with E-state index in [9.17, 15) is 4.79 Å². The van der Waals surface area contributed by atoms with Crippen molar-refractivity contribution >= 4 is 5.97 Å². The van der Waals surface area contributed by atoms with Crippen LogP contribution in [0.5, 0.6) is 0 Å². The summed E-state index contributed by atoms with van der Waals surface area (Å²) in [7, 11) is 0. The first-order valence-electron chi connectivity index (χ1n) is 5.93. The summed E-state index contributed by atoms with van der Waals surface area (Å²) in [5, 5.41) is 0. The Morgan fingerprint density at radius 1 is 1.13 bits per heavy atom. The van der Waals surface area contributed by atoms with Crippen molar-refractivity contribution in [2.75, 3.05) is 0 Å². The fourth-order valence-corrected chi connectivity index (χ4v) is 1.24. The van der Waals surface area contributed by atoms with Crippen LogP contribution < -0.4 is 0 Å². The maximum atomic E-state index is 11.2. The van der Waals surface area contributed by atoms with Crippen molar-refractivity contribution in [1.29, 1.82) is 0 Å². The lowest BCUT2D eigenvalue weighted by molar-refractivity contribution is -0.153. The molecule has 0 aliphatic carbocycles. The van der Waals surface area contributed by atoms with Crippen molar-refractivity contribution in [3.05, 3.63) is 0 Å². The molecule has 2 nitrogen and oxygen atoms in total. The van der Waals surface area contributed by atoms with Crippen molar-refractivity contribution in [3.63, 3.8) is 0 Å². The maximum Gasteiger partial charge on any atom is 0.308 e. The van der Waals surface area contributed by atoms with Gasteiger partial charge in [-0.2, -0.15) is 0 Å². The second kappa shape index (κ2) is 7.72. The third kappa shape index (κ3) is 11.4. The first-order valence-corrected chi connectivity index (χ1v) is 5.93. The summed E-state index contributed by atoms with van der Waals surface area (Å²) in [6, 6.07) is 0. The number of hydrogen-bond donors (Lipinski definition) is 0. The third-order valence-corrected chi connectivity index (χ3v) is 1.69. The Morgan fingerprint density at radius 2 is 1.53 bits per heavy atom. The average Bonchev–Trinajstić information content (AvgIpc) is 2.03. The van der Waals surface area contributed by atoms with Crippen LogP contribution in [0.4, 0.5) is 0 Å². The summed E-state index contributed by atoms with van der Waals surface area (Å²) >= 11 is 0. The van der Waals surface area contributed by atoms with Gasteiger partial charge in [0.25, 0.3) is 0 Å². The number of rotatable bonds is 3. The zero-order chi connectivity index (χ0) is 12.6. The molecule has 0 saturated heterocycles. The molecule has 0 N–H and O–H groups in total. The van der Waals surface area contributed by atoms with Gasteiger partial charge in [-0.05, 0) is 18.8 Å². The number of ether oxygens (including phenoxy) is 1. The van der Waals surface area contributed by atoms with Crippen molar-refractivity contribution in [3.8, 4) is 0 Å². The highest BCUT2D eigenvalue weighted by Crippen LogP contribution is 2.22. The molecule has 92 valence electrons. The first kappa shape index (κ1) is 16.9. The molecule has 1 atom stereocenters. The minimum absolute atomic E-state index is 0.0231. The maximum absolute atomic E-state index is 11.2. The molecule has 0 aliphatic rings. The Morgan fingerprint density at radius 3 is 1.80 bits per heavy atom. The smallest absolute Gasteiger partial charge is 0.308 e. The first-order chi connectivity index (χ1) is 6.72. The van der Waals surface area contributed by atoms with Crippen molar-refractivity contribution in [2.45, 2.75) is 67.9 Å². The van der Waals surface area contributed by atoms with Gasteiger partial charge >= 0.3 is 5.97 Å². The molecule has 15 heavy (non-hydrogen) atoms. The zero-order valence-electron chi connectivity index (χ0n) is 11.7. The summed E-state index contributed by atoms with van der Waals surface area (Å²) in [5.74, 6) is -0.126. The molecule has 2 heteroatoms. The molecule has 0 aromatic carbocycles. The van der Waals surface area contributed by atoms with Gasteiger partial charge in [-0.1, -0.05) is 48.5 Å². The van der Waals surface area contributed by atoms with Gasteiger partial charge in [0.2, 0.25) is 0 Å². The normalized spacial score (nSPS) is 12.9. The minimum Gasteiger partial charge on any atom is -0.462 e. The molecule has 0 unspecified atom stereocenters. The largest absolute Gasteiger partial charge is 0.462 e. The molecule has 0 bridgehead atoms. The van der Waals surface area contributed by atoms with Crippen LogP contribution in [0.15, 0.2) is 0 Å². The zero-order valence-corrected chi connectivity index (χ0v) is 11.7. The molecule has 0 saturated carbocycles. The van der Waals surface area contributed by atoms with Crippen molar-refractivity contribution in [1.82, 2.24) is 0 Å².